The first-order valence-corrected chi connectivity index (χ1v) is 10.7. The van der Waals surface area contributed by atoms with Gasteiger partial charge < -0.3 is 10.1 Å². The van der Waals surface area contributed by atoms with Gasteiger partial charge in [0.1, 0.15) is 5.82 Å². The molecule has 0 spiro atoms. The Bertz CT molecular complexity index is 1210. The molecule has 0 aliphatic rings. The molecule has 0 saturated heterocycles. The number of amides is 1. The number of hydrogen-bond acceptors (Lipinski definition) is 5. The molecular formula is C22H19FN2O5S. The van der Waals surface area contributed by atoms with Gasteiger partial charge in [-0.1, -0.05) is 12.1 Å². The average Bonchev–Trinajstić information content (AvgIpc) is 2.74. The fourth-order valence-corrected chi connectivity index (χ4v) is 3.76. The molecule has 7 nitrogen and oxygen atoms in total. The Morgan fingerprint density at radius 2 is 1.61 bits per heavy atom. The lowest BCUT2D eigenvalue weighted by Crippen LogP contribution is -2.15. The van der Waals surface area contributed by atoms with Gasteiger partial charge in [0.2, 0.25) is 0 Å². The molecule has 0 heterocycles. The van der Waals surface area contributed by atoms with Gasteiger partial charge >= 0.3 is 5.97 Å². The molecule has 2 N–H and O–H groups in total. The van der Waals surface area contributed by atoms with Crippen LogP contribution in [0.4, 0.5) is 15.8 Å². The second-order valence-corrected chi connectivity index (χ2v) is 8.08. The average molecular weight is 442 g/mol. The standard InChI is InChI=1S/C22H19FN2O5S/c1-2-30-22(27)15-9-11-18(12-10-15)24-21(26)16-5-3-7-19(13-16)25-31(28,29)20-8-4-6-17(23)14-20/h3-14,25H,2H2,1H3,(H,24,26). The second kappa shape index (κ2) is 9.40. The predicted molar refractivity (Wildman–Crippen MR) is 114 cm³/mol. The van der Waals surface area contributed by atoms with Crippen LogP contribution in [0.1, 0.15) is 27.6 Å². The van der Waals surface area contributed by atoms with Crippen LogP contribution >= 0.6 is 0 Å². The number of nitrogens with one attached hydrogen (secondary N) is 2. The monoisotopic (exact) mass is 442 g/mol. The topological polar surface area (TPSA) is 102 Å². The highest BCUT2D eigenvalue weighted by Gasteiger charge is 2.16. The molecule has 0 aromatic heterocycles. The number of halogens is 1. The summed E-state index contributed by atoms with van der Waals surface area (Å²) in [5, 5.41) is 2.67. The van der Waals surface area contributed by atoms with Gasteiger partial charge in [-0.2, -0.15) is 0 Å². The molecule has 3 aromatic rings. The highest BCUT2D eigenvalue weighted by molar-refractivity contribution is 7.92. The fraction of sp³-hybridized carbons (Fsp3) is 0.0909. The van der Waals surface area contributed by atoms with E-state index in [1.807, 2.05) is 0 Å². The predicted octanol–water partition coefficient (Wildman–Crippen LogP) is 4.06. The second-order valence-electron chi connectivity index (χ2n) is 6.40. The third-order valence-electron chi connectivity index (χ3n) is 4.14. The fourth-order valence-electron chi connectivity index (χ4n) is 2.68. The van der Waals surface area contributed by atoms with Gasteiger partial charge in [0, 0.05) is 16.9 Å². The van der Waals surface area contributed by atoms with E-state index in [-0.39, 0.29) is 22.8 Å². The lowest BCUT2D eigenvalue weighted by molar-refractivity contribution is 0.0526. The first-order valence-electron chi connectivity index (χ1n) is 9.25. The summed E-state index contributed by atoms with van der Waals surface area (Å²) in [6, 6.07) is 16.6. The summed E-state index contributed by atoms with van der Waals surface area (Å²) >= 11 is 0. The quantitative estimate of drug-likeness (QED) is 0.538. The third-order valence-corrected chi connectivity index (χ3v) is 5.52. The molecule has 0 unspecified atom stereocenters. The molecule has 31 heavy (non-hydrogen) atoms. The zero-order valence-electron chi connectivity index (χ0n) is 16.5. The van der Waals surface area contributed by atoms with Gasteiger partial charge in [-0.05, 0) is 67.6 Å². The highest BCUT2D eigenvalue weighted by atomic mass is 32.2. The number of carbonyl (C=O) groups excluding carboxylic acids is 2. The van der Waals surface area contributed by atoms with Crippen molar-refractivity contribution in [1.29, 1.82) is 0 Å². The Labute approximate surface area is 178 Å². The normalized spacial score (nSPS) is 10.9. The van der Waals surface area contributed by atoms with E-state index in [1.165, 1.54) is 48.5 Å². The molecule has 0 bridgehead atoms. The van der Waals surface area contributed by atoms with Crippen molar-refractivity contribution in [1.82, 2.24) is 0 Å². The van der Waals surface area contributed by atoms with Crippen molar-refractivity contribution in [3.8, 4) is 0 Å². The molecular weight excluding hydrogens is 423 g/mol. The largest absolute Gasteiger partial charge is 0.462 e. The lowest BCUT2D eigenvalue weighted by atomic mass is 10.1. The molecule has 9 heteroatoms. The number of anilines is 2. The maximum absolute atomic E-state index is 13.4. The minimum absolute atomic E-state index is 0.148. The molecule has 0 aliphatic heterocycles. The summed E-state index contributed by atoms with van der Waals surface area (Å²) in [7, 11) is -4.02. The van der Waals surface area contributed by atoms with Gasteiger partial charge in [-0.15, -0.1) is 0 Å². The summed E-state index contributed by atoms with van der Waals surface area (Å²) in [4.78, 5) is 24.0. The van der Waals surface area contributed by atoms with E-state index in [9.17, 15) is 22.4 Å². The van der Waals surface area contributed by atoms with Gasteiger partial charge in [-0.25, -0.2) is 17.6 Å². The van der Waals surface area contributed by atoms with Crippen LogP contribution in [0.5, 0.6) is 0 Å². The van der Waals surface area contributed by atoms with E-state index < -0.39 is 27.7 Å². The number of esters is 1. The van der Waals surface area contributed by atoms with Gasteiger partial charge in [-0.3, -0.25) is 9.52 Å². The molecule has 3 rings (SSSR count). The summed E-state index contributed by atoms with van der Waals surface area (Å²) in [5.74, 6) is -1.61. The molecule has 0 saturated carbocycles. The Morgan fingerprint density at radius 3 is 2.29 bits per heavy atom. The van der Waals surface area contributed by atoms with E-state index in [0.717, 1.165) is 12.1 Å². The van der Waals surface area contributed by atoms with Crippen LogP contribution in [0, 0.1) is 5.82 Å². The molecule has 160 valence electrons. The van der Waals surface area contributed by atoms with Crippen molar-refractivity contribution >= 4 is 33.3 Å². The van der Waals surface area contributed by atoms with Crippen LogP contribution in [0.2, 0.25) is 0 Å². The molecule has 0 aliphatic carbocycles. The van der Waals surface area contributed by atoms with E-state index in [2.05, 4.69) is 10.0 Å². The van der Waals surface area contributed by atoms with Crippen molar-refractivity contribution in [3.05, 3.63) is 89.7 Å². The van der Waals surface area contributed by atoms with Crippen LogP contribution in [-0.4, -0.2) is 26.9 Å². The molecule has 0 fully saturated rings. The molecule has 0 radical (unpaired) electrons. The zero-order valence-corrected chi connectivity index (χ0v) is 17.3. The Balaban J connectivity index is 1.72. The Morgan fingerprint density at radius 1 is 0.903 bits per heavy atom. The van der Waals surface area contributed by atoms with Gasteiger partial charge in [0.25, 0.3) is 15.9 Å². The van der Waals surface area contributed by atoms with Crippen LogP contribution in [0.3, 0.4) is 0 Å². The number of carbonyl (C=O) groups is 2. The molecule has 0 atom stereocenters. The highest BCUT2D eigenvalue weighted by Crippen LogP contribution is 2.19. The maximum Gasteiger partial charge on any atom is 0.338 e. The maximum atomic E-state index is 13.4. The lowest BCUT2D eigenvalue weighted by Gasteiger charge is -2.10. The van der Waals surface area contributed by atoms with Crippen LogP contribution in [0.15, 0.2) is 77.7 Å². The van der Waals surface area contributed by atoms with Crippen molar-refractivity contribution in [3.63, 3.8) is 0 Å². The van der Waals surface area contributed by atoms with E-state index in [0.29, 0.717) is 11.3 Å². The van der Waals surface area contributed by atoms with E-state index in [4.69, 9.17) is 4.74 Å². The molecule has 3 aromatic carbocycles. The zero-order chi connectivity index (χ0) is 22.4. The molecule has 1 amide bonds. The van der Waals surface area contributed by atoms with Crippen LogP contribution < -0.4 is 10.0 Å². The van der Waals surface area contributed by atoms with E-state index >= 15 is 0 Å². The van der Waals surface area contributed by atoms with Crippen LogP contribution in [-0.2, 0) is 14.8 Å². The summed E-state index contributed by atoms with van der Waals surface area (Å²) in [6.45, 7) is 1.97. The summed E-state index contributed by atoms with van der Waals surface area (Å²) in [6.07, 6.45) is 0. The first kappa shape index (κ1) is 22.0. The summed E-state index contributed by atoms with van der Waals surface area (Å²) < 4.78 is 45.5. The number of sulfonamides is 1. The third kappa shape index (κ3) is 5.67. The number of hydrogen-bond donors (Lipinski definition) is 2. The van der Waals surface area contributed by atoms with E-state index in [1.54, 1.807) is 19.1 Å². The summed E-state index contributed by atoms with van der Waals surface area (Å²) in [5.41, 5.74) is 1.15. The van der Waals surface area contributed by atoms with Crippen molar-refractivity contribution < 1.29 is 27.1 Å². The number of ether oxygens (including phenoxy) is 1. The Kier molecular flexibility index (Phi) is 6.66. The van der Waals surface area contributed by atoms with Crippen molar-refractivity contribution in [2.45, 2.75) is 11.8 Å². The van der Waals surface area contributed by atoms with Crippen molar-refractivity contribution in [2.24, 2.45) is 0 Å². The SMILES string of the molecule is CCOC(=O)c1ccc(NC(=O)c2cccc(NS(=O)(=O)c3cccc(F)c3)c2)cc1. The minimum atomic E-state index is -4.02. The van der Waals surface area contributed by atoms with Crippen molar-refractivity contribution in [2.75, 3.05) is 16.6 Å². The van der Waals surface area contributed by atoms with Crippen LogP contribution in [0.25, 0.3) is 0 Å². The number of benzene rings is 3. The van der Waals surface area contributed by atoms with Gasteiger partial charge in [0.15, 0.2) is 0 Å². The number of rotatable bonds is 7. The minimum Gasteiger partial charge on any atom is -0.462 e. The smallest absolute Gasteiger partial charge is 0.338 e. The first-order chi connectivity index (χ1) is 14.8. The Hall–Kier alpha value is -3.72. The van der Waals surface area contributed by atoms with Gasteiger partial charge in [0.05, 0.1) is 17.1 Å².